The minimum atomic E-state index is -1.49. The fraction of sp³-hybridized carbons (Fsp3) is 0.739. The molecule has 2 aliphatic carbocycles. The van der Waals surface area contributed by atoms with Crippen LogP contribution in [0.2, 0.25) is 0 Å². The summed E-state index contributed by atoms with van der Waals surface area (Å²) in [5.74, 6) is 1.05. The standard InChI is InChI=1S/C23H31NO8/c1-24-7-6-23-11-3-5-14(30-22-19(29)18(28)17(27)15(9-25)31-22)21(23)32-20-13(26)4-2-10(16(20)23)8-12(11)24/h2,4,11-12,14-15,17-19,21-22,25-29H,3,5-9H2,1H3/t11-,12+,14-,15+,17+,18-,19+,21-,22+,23-/m0/s1. The molecule has 10 atom stereocenters. The number of aliphatic hydroxyl groups is 4. The molecule has 5 N–H and O–H groups in total. The van der Waals surface area contributed by atoms with Crippen LogP contribution in [-0.4, -0.2) is 99.6 Å². The molecule has 176 valence electrons. The fourth-order valence-corrected chi connectivity index (χ4v) is 7.18. The summed E-state index contributed by atoms with van der Waals surface area (Å²) in [7, 11) is 2.17. The molecule has 6 rings (SSSR count). The number of hydrogen-bond acceptors (Lipinski definition) is 9. The predicted octanol–water partition coefficient (Wildman–Crippen LogP) is -0.754. The summed E-state index contributed by atoms with van der Waals surface area (Å²) in [4.78, 5) is 2.43. The van der Waals surface area contributed by atoms with Crippen LogP contribution in [0.25, 0.3) is 0 Å². The maximum atomic E-state index is 10.6. The van der Waals surface area contributed by atoms with Crippen molar-refractivity contribution in [2.75, 3.05) is 20.2 Å². The number of ether oxygens (including phenoxy) is 3. The maximum Gasteiger partial charge on any atom is 0.187 e. The highest BCUT2D eigenvalue weighted by Gasteiger charge is 2.66. The van der Waals surface area contributed by atoms with E-state index in [1.165, 1.54) is 5.56 Å². The molecule has 32 heavy (non-hydrogen) atoms. The fourth-order valence-electron chi connectivity index (χ4n) is 7.18. The molecule has 9 heteroatoms. The monoisotopic (exact) mass is 449 g/mol. The zero-order valence-electron chi connectivity index (χ0n) is 18.0. The van der Waals surface area contributed by atoms with Crippen LogP contribution in [0.3, 0.4) is 0 Å². The maximum absolute atomic E-state index is 10.6. The molecule has 2 bridgehead atoms. The molecule has 1 aromatic carbocycles. The largest absolute Gasteiger partial charge is 0.504 e. The topological polar surface area (TPSA) is 132 Å². The van der Waals surface area contributed by atoms with Gasteiger partial charge in [0, 0.05) is 17.0 Å². The first kappa shape index (κ1) is 21.1. The summed E-state index contributed by atoms with van der Waals surface area (Å²) < 4.78 is 18.3. The smallest absolute Gasteiger partial charge is 0.187 e. The van der Waals surface area contributed by atoms with Gasteiger partial charge in [0.05, 0.1) is 12.7 Å². The van der Waals surface area contributed by atoms with Gasteiger partial charge in [0.25, 0.3) is 0 Å². The lowest BCUT2D eigenvalue weighted by Crippen LogP contribution is -2.67. The molecular weight excluding hydrogens is 418 g/mol. The Morgan fingerprint density at radius 1 is 1.16 bits per heavy atom. The van der Waals surface area contributed by atoms with Crippen LogP contribution in [0, 0.1) is 5.92 Å². The van der Waals surface area contributed by atoms with Gasteiger partial charge < -0.3 is 44.6 Å². The Morgan fingerprint density at radius 3 is 2.75 bits per heavy atom. The van der Waals surface area contributed by atoms with E-state index in [9.17, 15) is 25.5 Å². The summed E-state index contributed by atoms with van der Waals surface area (Å²) in [6, 6.07) is 4.10. The number of rotatable bonds is 3. The van der Waals surface area contributed by atoms with Crippen molar-refractivity contribution in [2.45, 2.75) is 80.1 Å². The lowest BCUT2D eigenvalue weighted by Gasteiger charge is -2.59. The highest BCUT2D eigenvalue weighted by Crippen LogP contribution is 2.64. The summed E-state index contributed by atoms with van der Waals surface area (Å²) in [5.41, 5.74) is 2.04. The van der Waals surface area contributed by atoms with Gasteiger partial charge in [-0.15, -0.1) is 0 Å². The summed E-state index contributed by atoms with van der Waals surface area (Å²) in [5, 5.41) is 50.9. The summed E-state index contributed by atoms with van der Waals surface area (Å²) in [6.45, 7) is 0.417. The second-order valence-electron chi connectivity index (χ2n) is 10.1. The van der Waals surface area contributed by atoms with Gasteiger partial charge in [0.15, 0.2) is 17.8 Å². The van der Waals surface area contributed by atoms with Crippen LogP contribution in [0.5, 0.6) is 11.5 Å². The van der Waals surface area contributed by atoms with E-state index in [1.54, 1.807) is 6.07 Å². The number of nitrogens with zero attached hydrogens (tertiary/aromatic N) is 1. The van der Waals surface area contributed by atoms with Crippen molar-refractivity contribution >= 4 is 0 Å². The second kappa shape index (κ2) is 7.27. The highest BCUT2D eigenvalue weighted by molar-refractivity contribution is 5.60. The number of benzene rings is 1. The van der Waals surface area contributed by atoms with Crippen molar-refractivity contribution in [2.24, 2.45) is 5.92 Å². The van der Waals surface area contributed by atoms with E-state index in [2.05, 4.69) is 11.9 Å². The van der Waals surface area contributed by atoms with E-state index in [0.29, 0.717) is 24.1 Å². The first-order valence-electron chi connectivity index (χ1n) is 11.5. The molecule has 1 aromatic rings. The number of hydrogen-bond donors (Lipinski definition) is 5. The van der Waals surface area contributed by atoms with Gasteiger partial charge >= 0.3 is 0 Å². The molecule has 2 saturated heterocycles. The van der Waals surface area contributed by atoms with E-state index in [-0.39, 0.29) is 17.3 Å². The zero-order valence-corrected chi connectivity index (χ0v) is 18.0. The number of likely N-dealkylation sites (tertiary alicyclic amines) is 1. The lowest BCUT2D eigenvalue weighted by molar-refractivity contribution is -0.321. The van der Waals surface area contributed by atoms with E-state index < -0.39 is 43.4 Å². The number of aromatic hydroxyl groups is 1. The van der Waals surface area contributed by atoms with Gasteiger partial charge in [-0.05, 0) is 56.8 Å². The Kier molecular flexibility index (Phi) is 4.79. The van der Waals surface area contributed by atoms with Crippen molar-refractivity contribution in [3.05, 3.63) is 23.3 Å². The number of phenolic OH excluding ortho intramolecular Hbond substituents is 1. The third-order valence-electron chi connectivity index (χ3n) is 8.70. The Hall–Kier alpha value is -1.46. The molecule has 3 heterocycles. The zero-order chi connectivity index (χ0) is 22.4. The Balaban J connectivity index is 1.36. The number of phenols is 1. The van der Waals surface area contributed by atoms with Gasteiger partial charge in [0.1, 0.15) is 30.5 Å². The number of aliphatic hydroxyl groups excluding tert-OH is 4. The van der Waals surface area contributed by atoms with E-state index in [0.717, 1.165) is 31.4 Å². The molecule has 5 aliphatic rings. The van der Waals surface area contributed by atoms with Crippen LogP contribution in [0.4, 0.5) is 0 Å². The summed E-state index contributed by atoms with van der Waals surface area (Å²) >= 11 is 0. The van der Waals surface area contributed by atoms with Gasteiger partial charge in [-0.3, -0.25) is 0 Å². The second-order valence-corrected chi connectivity index (χ2v) is 10.1. The molecule has 0 unspecified atom stereocenters. The molecule has 3 aliphatic heterocycles. The normalized spacial score (nSPS) is 47.1. The first-order chi connectivity index (χ1) is 15.4. The lowest BCUT2D eigenvalue weighted by atomic mass is 9.51. The van der Waals surface area contributed by atoms with E-state index in [4.69, 9.17) is 14.2 Å². The quantitative estimate of drug-likeness (QED) is 0.404. The third kappa shape index (κ3) is 2.64. The number of likely N-dealkylation sites (N-methyl/N-ethyl adjacent to an activating group) is 1. The molecule has 0 aromatic heterocycles. The first-order valence-corrected chi connectivity index (χ1v) is 11.5. The van der Waals surface area contributed by atoms with Gasteiger partial charge in [0.2, 0.25) is 0 Å². The van der Waals surface area contributed by atoms with Gasteiger partial charge in [-0.25, -0.2) is 0 Å². The third-order valence-corrected chi connectivity index (χ3v) is 8.70. The van der Waals surface area contributed by atoms with Crippen LogP contribution in [0.15, 0.2) is 12.1 Å². The predicted molar refractivity (Wildman–Crippen MR) is 110 cm³/mol. The Morgan fingerprint density at radius 2 is 1.97 bits per heavy atom. The van der Waals surface area contributed by atoms with Crippen molar-refractivity contribution in [1.29, 1.82) is 0 Å². The molecule has 0 amide bonds. The average molecular weight is 450 g/mol. The molecule has 0 radical (unpaired) electrons. The van der Waals surface area contributed by atoms with Gasteiger partial charge in [-0.2, -0.15) is 0 Å². The minimum absolute atomic E-state index is 0.134. The van der Waals surface area contributed by atoms with E-state index >= 15 is 0 Å². The van der Waals surface area contributed by atoms with Crippen LogP contribution in [0.1, 0.15) is 30.4 Å². The van der Waals surface area contributed by atoms with Crippen molar-refractivity contribution in [3.8, 4) is 11.5 Å². The van der Waals surface area contributed by atoms with Crippen LogP contribution >= 0.6 is 0 Å². The summed E-state index contributed by atoms with van der Waals surface area (Å²) in [6.07, 6.45) is -3.97. The molecular formula is C23H31NO8. The van der Waals surface area contributed by atoms with Crippen molar-refractivity contribution in [3.63, 3.8) is 0 Å². The minimum Gasteiger partial charge on any atom is -0.504 e. The molecule has 1 spiro atoms. The Bertz CT molecular complexity index is 910. The van der Waals surface area contributed by atoms with Gasteiger partial charge in [-0.1, -0.05) is 6.07 Å². The van der Waals surface area contributed by atoms with E-state index in [1.807, 2.05) is 6.07 Å². The number of piperidine rings is 1. The average Bonchev–Trinajstić information content (AvgIpc) is 3.14. The highest BCUT2D eigenvalue weighted by atomic mass is 16.7. The van der Waals surface area contributed by atoms with Crippen molar-refractivity contribution < 1.29 is 39.7 Å². The molecule has 9 nitrogen and oxygen atoms in total. The molecule has 3 fully saturated rings. The van der Waals surface area contributed by atoms with Crippen LogP contribution < -0.4 is 4.74 Å². The Labute approximate surface area is 186 Å². The SMILES string of the molecule is CN1CC[C@]23c4c5ccc(O)c4O[C@H]2[C@@H](O[C@@H]2O[C@H](CO)[C@@H](O)[C@H](O)[C@H]2O)CC[C@H]3[C@H]1C5. The van der Waals surface area contributed by atoms with Crippen LogP contribution in [-0.2, 0) is 21.3 Å². The molecule has 1 saturated carbocycles. The van der Waals surface area contributed by atoms with Crippen molar-refractivity contribution in [1.82, 2.24) is 4.90 Å².